The smallest absolute Gasteiger partial charge is 0.173 e. The van der Waals surface area contributed by atoms with Gasteiger partial charge in [-0.1, -0.05) is 41.6 Å². The van der Waals surface area contributed by atoms with E-state index in [9.17, 15) is 0 Å². The van der Waals surface area contributed by atoms with Crippen LogP contribution in [0.4, 0.5) is 5.69 Å². The molecule has 0 saturated heterocycles. The van der Waals surface area contributed by atoms with Crippen LogP contribution in [-0.4, -0.2) is 17.6 Å². The monoisotopic (exact) mass is 347 g/mol. The van der Waals surface area contributed by atoms with E-state index in [1.54, 1.807) is 0 Å². The van der Waals surface area contributed by atoms with E-state index in [0.29, 0.717) is 5.56 Å². The van der Waals surface area contributed by atoms with Gasteiger partial charge in [0.05, 0.1) is 5.56 Å². The van der Waals surface area contributed by atoms with Crippen molar-refractivity contribution >= 4 is 27.5 Å². The van der Waals surface area contributed by atoms with Gasteiger partial charge >= 0.3 is 0 Å². The van der Waals surface area contributed by atoms with E-state index in [1.807, 2.05) is 36.4 Å². The van der Waals surface area contributed by atoms with Crippen LogP contribution in [0.2, 0.25) is 0 Å². The Morgan fingerprint density at radius 1 is 1.19 bits per heavy atom. The van der Waals surface area contributed by atoms with E-state index in [2.05, 4.69) is 45.0 Å². The van der Waals surface area contributed by atoms with Crippen LogP contribution in [0.15, 0.2) is 58.2 Å². The van der Waals surface area contributed by atoms with E-state index in [0.717, 1.165) is 23.2 Å². The van der Waals surface area contributed by atoms with Crippen LogP contribution in [-0.2, 0) is 6.54 Å². The first-order valence-electron chi connectivity index (χ1n) is 6.72. The maximum absolute atomic E-state index is 9.00. The fourth-order valence-corrected chi connectivity index (χ4v) is 2.81. The van der Waals surface area contributed by atoms with Gasteiger partial charge in [0.15, 0.2) is 5.84 Å². The SMILES string of the molecule is CCN(Cc1ccccc1)c1cccc(Br)c1/C(N)=N/O. The van der Waals surface area contributed by atoms with Crippen LogP contribution in [0.25, 0.3) is 0 Å². The van der Waals surface area contributed by atoms with Gasteiger partial charge in [-0.25, -0.2) is 0 Å². The van der Waals surface area contributed by atoms with Gasteiger partial charge in [0.2, 0.25) is 0 Å². The molecular weight excluding hydrogens is 330 g/mol. The Labute approximate surface area is 133 Å². The predicted octanol–water partition coefficient (Wildman–Crippen LogP) is 3.57. The molecule has 2 rings (SSSR count). The highest BCUT2D eigenvalue weighted by atomic mass is 79.9. The maximum atomic E-state index is 9.00. The molecule has 0 bridgehead atoms. The van der Waals surface area contributed by atoms with Crippen molar-refractivity contribution in [3.8, 4) is 0 Å². The molecule has 2 aromatic carbocycles. The number of amidine groups is 1. The third-order valence-electron chi connectivity index (χ3n) is 3.29. The third-order valence-corrected chi connectivity index (χ3v) is 3.95. The summed E-state index contributed by atoms with van der Waals surface area (Å²) in [5, 5.41) is 12.1. The first-order chi connectivity index (χ1) is 10.2. The molecular formula is C16H18BrN3O. The van der Waals surface area contributed by atoms with Crippen molar-refractivity contribution in [3.63, 3.8) is 0 Å². The molecule has 3 N–H and O–H groups in total. The summed E-state index contributed by atoms with van der Waals surface area (Å²) in [7, 11) is 0. The van der Waals surface area contributed by atoms with E-state index in [-0.39, 0.29) is 5.84 Å². The van der Waals surface area contributed by atoms with Crippen LogP contribution in [0.3, 0.4) is 0 Å². The summed E-state index contributed by atoms with van der Waals surface area (Å²) in [5.41, 5.74) is 8.68. The maximum Gasteiger partial charge on any atom is 0.173 e. The molecule has 0 radical (unpaired) electrons. The highest BCUT2D eigenvalue weighted by Gasteiger charge is 2.16. The highest BCUT2D eigenvalue weighted by Crippen LogP contribution is 2.28. The minimum atomic E-state index is 0.101. The number of halogens is 1. The summed E-state index contributed by atoms with van der Waals surface area (Å²) in [4.78, 5) is 2.19. The second kappa shape index (κ2) is 7.13. The molecule has 0 atom stereocenters. The number of oxime groups is 1. The molecule has 0 aliphatic heterocycles. The van der Waals surface area contributed by atoms with Crippen LogP contribution in [0.5, 0.6) is 0 Å². The Kier molecular flexibility index (Phi) is 5.22. The Morgan fingerprint density at radius 3 is 2.52 bits per heavy atom. The molecule has 2 aromatic rings. The van der Waals surface area contributed by atoms with Gasteiger partial charge < -0.3 is 15.8 Å². The zero-order chi connectivity index (χ0) is 15.2. The lowest BCUT2D eigenvalue weighted by molar-refractivity contribution is 0.318. The van der Waals surface area contributed by atoms with Gasteiger partial charge in [-0.15, -0.1) is 0 Å². The van der Waals surface area contributed by atoms with Crippen molar-refractivity contribution in [2.45, 2.75) is 13.5 Å². The number of hydrogen-bond acceptors (Lipinski definition) is 3. The minimum Gasteiger partial charge on any atom is -0.409 e. The lowest BCUT2D eigenvalue weighted by atomic mass is 10.1. The minimum absolute atomic E-state index is 0.101. The third kappa shape index (κ3) is 3.55. The quantitative estimate of drug-likeness (QED) is 0.376. The summed E-state index contributed by atoms with van der Waals surface area (Å²) in [6.45, 7) is 3.66. The molecule has 0 unspecified atom stereocenters. The number of nitrogens with two attached hydrogens (primary N) is 1. The normalized spacial score (nSPS) is 11.4. The summed E-state index contributed by atoms with van der Waals surface area (Å²) >= 11 is 3.47. The van der Waals surface area contributed by atoms with E-state index in [1.165, 1.54) is 5.56 Å². The zero-order valence-corrected chi connectivity index (χ0v) is 13.4. The first-order valence-corrected chi connectivity index (χ1v) is 7.52. The predicted molar refractivity (Wildman–Crippen MR) is 89.8 cm³/mol. The van der Waals surface area contributed by atoms with Crippen molar-refractivity contribution in [1.82, 2.24) is 0 Å². The average Bonchev–Trinajstić information content (AvgIpc) is 2.52. The standard InChI is InChI=1S/C16H18BrN3O/c1-2-20(11-12-7-4-3-5-8-12)14-10-6-9-13(17)15(14)16(18)19-21/h3-10,21H,2,11H2,1H3,(H2,18,19). The number of hydrogen-bond donors (Lipinski definition) is 2. The van der Waals surface area contributed by atoms with Gasteiger partial charge in [-0.3, -0.25) is 0 Å². The van der Waals surface area contributed by atoms with Crippen LogP contribution in [0.1, 0.15) is 18.1 Å². The molecule has 0 fully saturated rings. The van der Waals surface area contributed by atoms with Crippen LogP contribution in [0, 0.1) is 0 Å². The second-order valence-corrected chi connectivity index (χ2v) is 5.47. The Bertz CT molecular complexity index is 629. The van der Waals surface area contributed by atoms with Crippen LogP contribution < -0.4 is 10.6 Å². The molecule has 5 heteroatoms. The van der Waals surface area contributed by atoms with E-state index in [4.69, 9.17) is 10.9 Å². The van der Waals surface area contributed by atoms with Gasteiger partial charge in [0.25, 0.3) is 0 Å². The summed E-state index contributed by atoms with van der Waals surface area (Å²) in [5.74, 6) is 0.101. The summed E-state index contributed by atoms with van der Waals surface area (Å²) in [6, 6.07) is 16.0. The fraction of sp³-hybridized carbons (Fsp3) is 0.188. The van der Waals surface area contributed by atoms with Crippen molar-refractivity contribution < 1.29 is 5.21 Å². The molecule has 0 aliphatic rings. The lowest BCUT2D eigenvalue weighted by Gasteiger charge is -2.26. The second-order valence-electron chi connectivity index (χ2n) is 4.62. The summed E-state index contributed by atoms with van der Waals surface area (Å²) < 4.78 is 0.807. The van der Waals surface area contributed by atoms with Gasteiger partial charge in [0, 0.05) is 23.2 Å². The zero-order valence-electron chi connectivity index (χ0n) is 11.8. The lowest BCUT2D eigenvalue weighted by Crippen LogP contribution is -2.26. The van der Waals surface area contributed by atoms with Crippen molar-refractivity contribution in [2.75, 3.05) is 11.4 Å². The Morgan fingerprint density at radius 2 is 1.90 bits per heavy atom. The van der Waals surface area contributed by atoms with E-state index >= 15 is 0 Å². The molecule has 0 heterocycles. The molecule has 4 nitrogen and oxygen atoms in total. The topological polar surface area (TPSA) is 61.8 Å². The molecule has 0 spiro atoms. The van der Waals surface area contributed by atoms with Crippen molar-refractivity contribution in [1.29, 1.82) is 0 Å². The molecule has 0 aromatic heterocycles. The average molecular weight is 348 g/mol. The van der Waals surface area contributed by atoms with Gasteiger partial charge in [-0.2, -0.15) is 0 Å². The van der Waals surface area contributed by atoms with Gasteiger partial charge in [-0.05, 0) is 40.5 Å². The molecule has 21 heavy (non-hydrogen) atoms. The number of benzene rings is 2. The van der Waals surface area contributed by atoms with E-state index < -0.39 is 0 Å². The number of anilines is 1. The molecule has 0 aliphatic carbocycles. The molecule has 0 amide bonds. The van der Waals surface area contributed by atoms with Crippen molar-refractivity contribution in [2.24, 2.45) is 10.9 Å². The molecule has 0 saturated carbocycles. The Hall–Kier alpha value is -2.01. The number of nitrogens with zero attached hydrogens (tertiary/aromatic N) is 2. The fourth-order valence-electron chi connectivity index (χ4n) is 2.25. The highest BCUT2D eigenvalue weighted by molar-refractivity contribution is 9.10. The van der Waals surface area contributed by atoms with Crippen LogP contribution >= 0.6 is 15.9 Å². The first kappa shape index (κ1) is 15.4. The van der Waals surface area contributed by atoms with Gasteiger partial charge in [0.1, 0.15) is 0 Å². The Balaban J connectivity index is 2.41. The molecule has 110 valence electrons. The summed E-state index contributed by atoms with van der Waals surface area (Å²) in [6.07, 6.45) is 0. The van der Waals surface area contributed by atoms with Crippen molar-refractivity contribution in [3.05, 3.63) is 64.1 Å². The largest absolute Gasteiger partial charge is 0.409 e. The number of rotatable bonds is 5.